The average Bonchev–Trinajstić information content (AvgIpc) is 3.43. The van der Waals surface area contributed by atoms with E-state index in [1.165, 1.54) is 10.7 Å². The largest absolute Gasteiger partial charge is 0.434 e. The molecule has 5 rings (SSSR count). The standard InChI is InChI=1S/C24H23F2N5O3/c1-30-22(32)19-7-6-15(17-11-27-24(28-12-17)29-18-8-9-33-14-18)10-20(19)31(30)13-16-4-2-3-5-21(16)34-23(25)26/h2-7,10-12,18,23H,8-9,13-14H2,1H3,(H,27,28,29). The van der Waals surface area contributed by atoms with Crippen LogP contribution in [-0.4, -0.2) is 45.2 Å². The van der Waals surface area contributed by atoms with Crippen LogP contribution in [0.3, 0.4) is 0 Å². The summed E-state index contributed by atoms with van der Waals surface area (Å²) >= 11 is 0. The highest BCUT2D eigenvalue weighted by atomic mass is 19.3. The molecule has 2 aromatic heterocycles. The molecule has 0 saturated carbocycles. The van der Waals surface area contributed by atoms with Gasteiger partial charge in [-0.1, -0.05) is 24.3 Å². The summed E-state index contributed by atoms with van der Waals surface area (Å²) < 4.78 is 38.9. The first-order valence-electron chi connectivity index (χ1n) is 10.9. The van der Waals surface area contributed by atoms with Crippen LogP contribution < -0.4 is 15.6 Å². The second-order valence-corrected chi connectivity index (χ2v) is 8.10. The minimum Gasteiger partial charge on any atom is -0.434 e. The Kier molecular flexibility index (Phi) is 5.97. The van der Waals surface area contributed by atoms with Gasteiger partial charge in [-0.05, 0) is 30.2 Å². The zero-order valence-electron chi connectivity index (χ0n) is 18.4. The van der Waals surface area contributed by atoms with Gasteiger partial charge in [0, 0.05) is 37.2 Å². The number of halogens is 2. The molecule has 1 fully saturated rings. The molecule has 0 aliphatic carbocycles. The zero-order chi connectivity index (χ0) is 23.7. The van der Waals surface area contributed by atoms with Crippen LogP contribution in [0, 0.1) is 0 Å². The maximum absolute atomic E-state index is 12.9. The summed E-state index contributed by atoms with van der Waals surface area (Å²) in [5.41, 5.74) is 2.65. The molecule has 10 heteroatoms. The third kappa shape index (κ3) is 4.36. The van der Waals surface area contributed by atoms with Gasteiger partial charge in [-0.15, -0.1) is 0 Å². The van der Waals surface area contributed by atoms with E-state index in [1.807, 2.05) is 12.1 Å². The van der Waals surface area contributed by atoms with E-state index in [2.05, 4.69) is 20.0 Å². The number of anilines is 1. The van der Waals surface area contributed by atoms with Gasteiger partial charge >= 0.3 is 6.61 Å². The van der Waals surface area contributed by atoms with Crippen LogP contribution in [0.1, 0.15) is 12.0 Å². The number of nitrogens with zero attached hydrogens (tertiary/aromatic N) is 4. The number of benzene rings is 2. The Bertz CT molecular complexity index is 1360. The molecule has 2 aromatic carbocycles. The smallest absolute Gasteiger partial charge is 0.387 e. The highest BCUT2D eigenvalue weighted by molar-refractivity contribution is 5.84. The van der Waals surface area contributed by atoms with Crippen molar-refractivity contribution >= 4 is 16.9 Å². The molecule has 4 aromatic rings. The summed E-state index contributed by atoms with van der Waals surface area (Å²) in [5.74, 6) is 0.611. The van der Waals surface area contributed by atoms with Gasteiger partial charge in [0.2, 0.25) is 5.95 Å². The topological polar surface area (TPSA) is 83.2 Å². The van der Waals surface area contributed by atoms with Crippen LogP contribution >= 0.6 is 0 Å². The van der Waals surface area contributed by atoms with Gasteiger partial charge in [-0.25, -0.2) is 9.97 Å². The number of alkyl halides is 2. The lowest BCUT2D eigenvalue weighted by molar-refractivity contribution is -0.0505. The van der Waals surface area contributed by atoms with Crippen LogP contribution in [0.5, 0.6) is 5.75 Å². The molecule has 1 aliphatic rings. The lowest BCUT2D eigenvalue weighted by atomic mass is 10.1. The van der Waals surface area contributed by atoms with Crippen molar-refractivity contribution in [2.24, 2.45) is 7.05 Å². The van der Waals surface area contributed by atoms with Crippen molar-refractivity contribution in [3.63, 3.8) is 0 Å². The second kappa shape index (κ2) is 9.22. The molecule has 0 amide bonds. The quantitative estimate of drug-likeness (QED) is 0.447. The van der Waals surface area contributed by atoms with Crippen molar-refractivity contribution < 1.29 is 18.3 Å². The summed E-state index contributed by atoms with van der Waals surface area (Å²) in [6, 6.07) is 12.2. The number of hydrogen-bond donors (Lipinski definition) is 1. The molecule has 1 atom stereocenters. The zero-order valence-corrected chi connectivity index (χ0v) is 18.4. The molecule has 8 nitrogen and oxygen atoms in total. The van der Waals surface area contributed by atoms with Crippen LogP contribution in [0.4, 0.5) is 14.7 Å². The molecule has 176 valence electrons. The first kappa shape index (κ1) is 22.0. The highest BCUT2D eigenvalue weighted by Gasteiger charge is 2.17. The monoisotopic (exact) mass is 467 g/mol. The molecular formula is C24H23F2N5O3. The summed E-state index contributed by atoms with van der Waals surface area (Å²) in [6.45, 7) is -1.38. The fourth-order valence-corrected chi connectivity index (χ4v) is 4.13. The van der Waals surface area contributed by atoms with E-state index in [0.29, 0.717) is 29.0 Å². The number of ether oxygens (including phenoxy) is 2. The Morgan fingerprint density at radius 2 is 1.97 bits per heavy atom. The summed E-state index contributed by atoms with van der Waals surface area (Å²) in [5, 5.41) is 3.78. The number of fused-ring (bicyclic) bond motifs is 1. The van der Waals surface area contributed by atoms with Crippen LogP contribution in [0.25, 0.3) is 22.0 Å². The van der Waals surface area contributed by atoms with Crippen LogP contribution in [0.15, 0.2) is 59.7 Å². The number of rotatable bonds is 7. The SMILES string of the molecule is Cn1c(=O)c2ccc(-c3cnc(NC4CCOC4)nc3)cc2n1Cc1ccccc1OC(F)F. The Morgan fingerprint density at radius 1 is 1.18 bits per heavy atom. The van der Waals surface area contributed by atoms with E-state index in [0.717, 1.165) is 24.2 Å². The fraction of sp³-hybridized carbons (Fsp3) is 0.292. The van der Waals surface area contributed by atoms with Gasteiger partial charge in [-0.2, -0.15) is 8.78 Å². The Labute approximate surface area is 193 Å². The molecule has 1 saturated heterocycles. The summed E-state index contributed by atoms with van der Waals surface area (Å²) in [7, 11) is 1.65. The molecular weight excluding hydrogens is 444 g/mol. The minimum atomic E-state index is -2.93. The van der Waals surface area contributed by atoms with Crippen molar-refractivity contribution in [3.05, 3.63) is 70.8 Å². The van der Waals surface area contributed by atoms with Crippen molar-refractivity contribution in [2.75, 3.05) is 18.5 Å². The number of nitrogens with one attached hydrogen (secondary N) is 1. The number of para-hydroxylation sites is 1. The van der Waals surface area contributed by atoms with Crippen molar-refractivity contribution in [2.45, 2.75) is 25.6 Å². The summed E-state index contributed by atoms with van der Waals surface area (Å²) in [4.78, 5) is 21.6. The lowest BCUT2D eigenvalue weighted by Gasteiger charge is -2.14. The molecule has 34 heavy (non-hydrogen) atoms. The highest BCUT2D eigenvalue weighted by Crippen LogP contribution is 2.26. The molecule has 0 spiro atoms. The molecule has 0 bridgehead atoms. The fourth-order valence-electron chi connectivity index (χ4n) is 4.13. The van der Waals surface area contributed by atoms with Gasteiger partial charge in [0.25, 0.3) is 5.56 Å². The van der Waals surface area contributed by atoms with E-state index in [1.54, 1.807) is 48.4 Å². The third-order valence-corrected chi connectivity index (χ3v) is 5.92. The maximum atomic E-state index is 12.9. The van der Waals surface area contributed by atoms with Crippen molar-refractivity contribution in [1.29, 1.82) is 0 Å². The Hall–Kier alpha value is -3.79. The molecule has 0 radical (unpaired) electrons. The Balaban J connectivity index is 1.48. The summed E-state index contributed by atoms with van der Waals surface area (Å²) in [6.07, 6.45) is 4.37. The molecule has 1 N–H and O–H groups in total. The third-order valence-electron chi connectivity index (χ3n) is 5.92. The van der Waals surface area contributed by atoms with Gasteiger partial charge in [-0.3, -0.25) is 14.2 Å². The van der Waals surface area contributed by atoms with Gasteiger partial charge in [0.1, 0.15) is 5.75 Å². The van der Waals surface area contributed by atoms with Crippen molar-refractivity contribution in [1.82, 2.24) is 19.3 Å². The molecule has 1 unspecified atom stereocenters. The van der Waals surface area contributed by atoms with Crippen LogP contribution in [-0.2, 0) is 18.3 Å². The average molecular weight is 467 g/mol. The van der Waals surface area contributed by atoms with Gasteiger partial charge in [0.15, 0.2) is 0 Å². The predicted molar refractivity (Wildman–Crippen MR) is 123 cm³/mol. The molecule has 1 aliphatic heterocycles. The minimum absolute atomic E-state index is 0.0760. The van der Waals surface area contributed by atoms with E-state index < -0.39 is 6.61 Å². The van der Waals surface area contributed by atoms with Crippen LogP contribution in [0.2, 0.25) is 0 Å². The normalized spacial score (nSPS) is 15.8. The number of hydrogen-bond acceptors (Lipinski definition) is 6. The first-order chi connectivity index (χ1) is 16.5. The van der Waals surface area contributed by atoms with E-state index in [-0.39, 0.29) is 23.9 Å². The van der Waals surface area contributed by atoms with E-state index in [9.17, 15) is 13.6 Å². The predicted octanol–water partition coefficient (Wildman–Crippen LogP) is 3.65. The maximum Gasteiger partial charge on any atom is 0.387 e. The van der Waals surface area contributed by atoms with Crippen molar-refractivity contribution in [3.8, 4) is 16.9 Å². The second-order valence-electron chi connectivity index (χ2n) is 8.10. The molecule has 3 heterocycles. The van der Waals surface area contributed by atoms with Gasteiger partial charge in [0.05, 0.1) is 30.1 Å². The number of aromatic nitrogens is 4. The lowest BCUT2D eigenvalue weighted by Crippen LogP contribution is -2.20. The van der Waals surface area contributed by atoms with E-state index in [4.69, 9.17) is 4.74 Å². The van der Waals surface area contributed by atoms with E-state index >= 15 is 0 Å². The van der Waals surface area contributed by atoms with Gasteiger partial charge < -0.3 is 14.8 Å². The Morgan fingerprint density at radius 3 is 2.71 bits per heavy atom. The first-order valence-corrected chi connectivity index (χ1v) is 10.9.